The molecule has 26 heavy (non-hydrogen) atoms. The number of hydrogen-bond acceptors (Lipinski definition) is 5. The number of piperidine rings is 1. The van der Waals surface area contributed by atoms with Crippen LogP contribution in [0.3, 0.4) is 0 Å². The molecule has 150 valence electrons. The highest BCUT2D eigenvalue weighted by Crippen LogP contribution is 2.29. The largest absolute Gasteiger partial charge is 0.450 e. The van der Waals surface area contributed by atoms with Gasteiger partial charge in [0.05, 0.1) is 12.9 Å². The monoisotopic (exact) mass is 389 g/mol. The van der Waals surface area contributed by atoms with E-state index in [0.29, 0.717) is 32.2 Å². The van der Waals surface area contributed by atoms with E-state index in [4.69, 9.17) is 4.74 Å². The molecule has 0 atom stereocenters. The molecule has 1 saturated heterocycles. The summed E-state index contributed by atoms with van der Waals surface area (Å²) in [6.07, 6.45) is 5.70. The maximum Gasteiger partial charge on any atom is 0.409 e. The molecule has 1 heterocycles. The topological polar surface area (TPSA) is 105 Å². The second-order valence-corrected chi connectivity index (χ2v) is 9.14. The predicted molar refractivity (Wildman–Crippen MR) is 98.1 cm³/mol. The summed E-state index contributed by atoms with van der Waals surface area (Å²) in [4.78, 5) is 25.9. The molecule has 0 aromatic heterocycles. The standard InChI is InChI=1S/C17H31N3O5S/c1-3-25-17(22)20-10-8-15(9-11-20)19-16(21)14-6-4-13(5-7-14)12-18-26(2,23)24/h13-15,18H,3-12H2,1-2H3,(H,19,21). The second-order valence-electron chi connectivity index (χ2n) is 7.31. The highest BCUT2D eigenvalue weighted by atomic mass is 32.2. The van der Waals surface area contributed by atoms with E-state index >= 15 is 0 Å². The van der Waals surface area contributed by atoms with Gasteiger partial charge in [-0.2, -0.15) is 0 Å². The van der Waals surface area contributed by atoms with Crippen LogP contribution in [-0.2, 0) is 19.6 Å². The summed E-state index contributed by atoms with van der Waals surface area (Å²) in [5, 5.41) is 3.12. The first-order chi connectivity index (χ1) is 12.3. The van der Waals surface area contributed by atoms with E-state index in [-0.39, 0.29) is 24.0 Å². The smallest absolute Gasteiger partial charge is 0.409 e. The average Bonchev–Trinajstić information content (AvgIpc) is 2.60. The van der Waals surface area contributed by atoms with Crippen molar-refractivity contribution in [2.24, 2.45) is 11.8 Å². The fourth-order valence-corrected chi connectivity index (χ4v) is 4.18. The molecule has 9 heteroatoms. The van der Waals surface area contributed by atoms with Crippen LogP contribution in [0.5, 0.6) is 0 Å². The number of sulfonamides is 1. The van der Waals surface area contributed by atoms with Crippen molar-refractivity contribution in [3.63, 3.8) is 0 Å². The van der Waals surface area contributed by atoms with E-state index in [2.05, 4.69) is 10.0 Å². The predicted octanol–water partition coefficient (Wildman–Crippen LogP) is 1.08. The summed E-state index contributed by atoms with van der Waals surface area (Å²) < 4.78 is 29.9. The fraction of sp³-hybridized carbons (Fsp3) is 0.882. The van der Waals surface area contributed by atoms with Crippen molar-refractivity contribution in [2.75, 3.05) is 32.5 Å². The number of hydrogen-bond donors (Lipinski definition) is 2. The average molecular weight is 390 g/mol. The van der Waals surface area contributed by atoms with E-state index < -0.39 is 10.0 Å². The van der Waals surface area contributed by atoms with Gasteiger partial charge in [-0.15, -0.1) is 0 Å². The lowest BCUT2D eigenvalue weighted by Gasteiger charge is -2.33. The maximum atomic E-state index is 12.5. The van der Waals surface area contributed by atoms with Crippen molar-refractivity contribution in [1.82, 2.24) is 14.9 Å². The van der Waals surface area contributed by atoms with Gasteiger partial charge in [0.1, 0.15) is 0 Å². The third-order valence-corrected chi connectivity index (χ3v) is 5.91. The van der Waals surface area contributed by atoms with E-state index in [1.165, 1.54) is 6.26 Å². The number of nitrogens with zero attached hydrogens (tertiary/aromatic N) is 1. The van der Waals surface area contributed by atoms with Gasteiger partial charge >= 0.3 is 6.09 Å². The maximum absolute atomic E-state index is 12.5. The third kappa shape index (κ3) is 6.75. The van der Waals surface area contributed by atoms with Crippen LogP contribution in [0.1, 0.15) is 45.4 Å². The van der Waals surface area contributed by atoms with E-state index in [1.54, 1.807) is 11.8 Å². The van der Waals surface area contributed by atoms with E-state index in [0.717, 1.165) is 38.5 Å². The van der Waals surface area contributed by atoms with Crippen molar-refractivity contribution >= 4 is 22.0 Å². The Kier molecular flexibility index (Phi) is 7.69. The number of nitrogens with one attached hydrogen (secondary N) is 2. The molecule has 0 spiro atoms. The van der Waals surface area contributed by atoms with Gasteiger partial charge in [-0.1, -0.05) is 0 Å². The minimum Gasteiger partial charge on any atom is -0.450 e. The van der Waals surface area contributed by atoms with Crippen LogP contribution in [-0.4, -0.2) is 63.9 Å². The second kappa shape index (κ2) is 9.55. The molecule has 0 unspecified atom stereocenters. The molecule has 2 fully saturated rings. The summed E-state index contributed by atoms with van der Waals surface area (Å²) in [7, 11) is -3.15. The van der Waals surface area contributed by atoms with Crippen LogP contribution in [0.2, 0.25) is 0 Å². The van der Waals surface area contributed by atoms with Crippen LogP contribution < -0.4 is 10.0 Å². The lowest BCUT2D eigenvalue weighted by atomic mass is 9.81. The Morgan fingerprint density at radius 2 is 1.69 bits per heavy atom. The molecule has 0 bridgehead atoms. The quantitative estimate of drug-likeness (QED) is 0.707. The van der Waals surface area contributed by atoms with Crippen molar-refractivity contribution < 1.29 is 22.7 Å². The zero-order valence-corrected chi connectivity index (χ0v) is 16.5. The van der Waals surface area contributed by atoms with E-state index in [1.807, 2.05) is 0 Å². The molecular weight excluding hydrogens is 358 g/mol. The third-order valence-electron chi connectivity index (χ3n) is 5.22. The number of carbonyl (C=O) groups is 2. The van der Waals surface area contributed by atoms with Crippen LogP contribution in [0.15, 0.2) is 0 Å². The SMILES string of the molecule is CCOC(=O)N1CCC(NC(=O)C2CCC(CNS(C)(=O)=O)CC2)CC1. The summed E-state index contributed by atoms with van der Waals surface area (Å²) in [6.45, 7) is 3.83. The van der Waals surface area contributed by atoms with Crippen LogP contribution >= 0.6 is 0 Å². The summed E-state index contributed by atoms with van der Waals surface area (Å²) >= 11 is 0. The Labute approximate surface area is 156 Å². The fourth-order valence-electron chi connectivity index (χ4n) is 3.64. The Morgan fingerprint density at radius 1 is 1.08 bits per heavy atom. The molecule has 1 aliphatic heterocycles. The minimum atomic E-state index is -3.15. The van der Waals surface area contributed by atoms with E-state index in [9.17, 15) is 18.0 Å². The first-order valence-electron chi connectivity index (χ1n) is 9.45. The van der Waals surface area contributed by atoms with Gasteiger partial charge in [-0.3, -0.25) is 4.79 Å². The summed E-state index contributed by atoms with van der Waals surface area (Å²) in [5.74, 6) is 0.406. The highest BCUT2D eigenvalue weighted by molar-refractivity contribution is 7.88. The van der Waals surface area contributed by atoms with Crippen LogP contribution in [0.25, 0.3) is 0 Å². The molecular formula is C17H31N3O5S. The minimum absolute atomic E-state index is 0.00701. The molecule has 2 rings (SSSR count). The molecule has 0 aromatic carbocycles. The number of amides is 2. The Balaban J connectivity index is 1.67. The van der Waals surface area contributed by atoms with Gasteiger partial charge in [0.15, 0.2) is 0 Å². The Morgan fingerprint density at radius 3 is 2.23 bits per heavy atom. The van der Waals surface area contributed by atoms with Gasteiger partial charge in [0.25, 0.3) is 0 Å². The van der Waals surface area contributed by atoms with Crippen molar-refractivity contribution in [1.29, 1.82) is 0 Å². The first-order valence-corrected chi connectivity index (χ1v) is 11.3. The Bertz CT molecular complexity index is 579. The van der Waals surface area contributed by atoms with Gasteiger partial charge in [0.2, 0.25) is 15.9 Å². The zero-order chi connectivity index (χ0) is 19.2. The van der Waals surface area contributed by atoms with Crippen molar-refractivity contribution in [3.8, 4) is 0 Å². The molecule has 2 N–H and O–H groups in total. The van der Waals surface area contributed by atoms with Gasteiger partial charge in [-0.05, 0) is 51.4 Å². The Hall–Kier alpha value is -1.35. The van der Waals surface area contributed by atoms with Crippen LogP contribution in [0, 0.1) is 11.8 Å². The zero-order valence-electron chi connectivity index (χ0n) is 15.7. The summed E-state index contributed by atoms with van der Waals surface area (Å²) in [6, 6.07) is 0.109. The molecule has 1 saturated carbocycles. The van der Waals surface area contributed by atoms with Crippen LogP contribution in [0.4, 0.5) is 4.79 Å². The molecule has 2 aliphatic rings. The molecule has 1 aliphatic carbocycles. The first kappa shape index (κ1) is 21.0. The van der Waals surface area contributed by atoms with Crippen molar-refractivity contribution in [2.45, 2.75) is 51.5 Å². The van der Waals surface area contributed by atoms with Gasteiger partial charge < -0.3 is 15.0 Å². The number of likely N-dealkylation sites (tertiary alicyclic amines) is 1. The normalized spacial score (nSPS) is 24.9. The molecule has 8 nitrogen and oxygen atoms in total. The van der Waals surface area contributed by atoms with Crippen molar-refractivity contribution in [3.05, 3.63) is 0 Å². The number of carbonyl (C=O) groups excluding carboxylic acids is 2. The number of ether oxygens (including phenoxy) is 1. The molecule has 0 aromatic rings. The lowest BCUT2D eigenvalue weighted by Crippen LogP contribution is -2.48. The molecule has 0 radical (unpaired) electrons. The summed E-state index contributed by atoms with van der Waals surface area (Å²) in [5.41, 5.74) is 0. The van der Waals surface area contributed by atoms with Gasteiger partial charge in [0, 0.05) is 31.6 Å². The van der Waals surface area contributed by atoms with Gasteiger partial charge in [-0.25, -0.2) is 17.9 Å². The highest BCUT2D eigenvalue weighted by Gasteiger charge is 2.30. The lowest BCUT2D eigenvalue weighted by molar-refractivity contribution is -0.127. The number of rotatable bonds is 6. The molecule has 2 amide bonds.